The number of aromatic hydroxyl groups is 1. The van der Waals surface area contributed by atoms with Gasteiger partial charge in [0.15, 0.2) is 0 Å². The minimum Gasteiger partial charge on any atom is -0.507 e. The molecule has 0 radical (unpaired) electrons. The quantitative estimate of drug-likeness (QED) is 0.858. The summed E-state index contributed by atoms with van der Waals surface area (Å²) in [5, 5.41) is 18.4. The lowest BCUT2D eigenvalue weighted by Gasteiger charge is -2.20. The van der Waals surface area contributed by atoms with Gasteiger partial charge in [-0.3, -0.25) is 0 Å². The average Bonchev–Trinajstić information content (AvgIpc) is 2.75. The van der Waals surface area contributed by atoms with E-state index in [2.05, 4.69) is 0 Å². The van der Waals surface area contributed by atoms with Gasteiger partial charge < -0.3 is 15.1 Å². The standard InChI is InChI=1S/C12H14F3NO2/c13-12(14,15)10-2-1-9(5-11(10)18)16-4-3-8(6-16)7-17/h1-2,5,8,17-18H,3-4,6-7H2. The first kappa shape index (κ1) is 13.0. The van der Waals surface area contributed by atoms with Crippen LogP contribution in [-0.4, -0.2) is 29.9 Å². The highest BCUT2D eigenvalue weighted by molar-refractivity contribution is 5.54. The van der Waals surface area contributed by atoms with E-state index in [-0.39, 0.29) is 12.5 Å². The average molecular weight is 261 g/mol. The molecule has 0 aliphatic carbocycles. The fraction of sp³-hybridized carbons (Fsp3) is 0.500. The van der Waals surface area contributed by atoms with Crippen LogP contribution in [0.15, 0.2) is 18.2 Å². The molecule has 0 aromatic heterocycles. The number of halogens is 3. The Morgan fingerprint density at radius 1 is 1.33 bits per heavy atom. The van der Waals surface area contributed by atoms with Crippen molar-refractivity contribution in [1.82, 2.24) is 0 Å². The number of phenolic OH excluding ortho intramolecular Hbond substituents is 1. The molecule has 0 amide bonds. The van der Waals surface area contributed by atoms with E-state index in [4.69, 9.17) is 5.11 Å². The monoisotopic (exact) mass is 261 g/mol. The molecule has 0 spiro atoms. The number of anilines is 1. The zero-order valence-electron chi connectivity index (χ0n) is 9.61. The van der Waals surface area contributed by atoms with Crippen molar-refractivity contribution in [3.63, 3.8) is 0 Å². The van der Waals surface area contributed by atoms with Crippen LogP contribution in [0.4, 0.5) is 18.9 Å². The van der Waals surface area contributed by atoms with Gasteiger partial charge in [-0.25, -0.2) is 0 Å². The third-order valence-electron chi connectivity index (χ3n) is 3.20. The van der Waals surface area contributed by atoms with Crippen LogP contribution in [0.25, 0.3) is 0 Å². The topological polar surface area (TPSA) is 43.7 Å². The number of nitrogens with zero attached hydrogens (tertiary/aromatic N) is 1. The van der Waals surface area contributed by atoms with E-state index in [1.807, 2.05) is 4.90 Å². The lowest BCUT2D eigenvalue weighted by atomic mass is 10.1. The van der Waals surface area contributed by atoms with Crippen molar-refractivity contribution in [2.45, 2.75) is 12.6 Å². The molecule has 1 aliphatic rings. The van der Waals surface area contributed by atoms with Crippen molar-refractivity contribution in [3.8, 4) is 5.75 Å². The van der Waals surface area contributed by atoms with Gasteiger partial charge in [0.2, 0.25) is 0 Å². The first-order chi connectivity index (χ1) is 8.41. The fourth-order valence-electron chi connectivity index (χ4n) is 2.17. The summed E-state index contributed by atoms with van der Waals surface area (Å²) in [6.45, 7) is 1.35. The van der Waals surface area contributed by atoms with E-state index >= 15 is 0 Å². The maximum Gasteiger partial charge on any atom is 0.419 e. The highest BCUT2D eigenvalue weighted by Gasteiger charge is 2.34. The van der Waals surface area contributed by atoms with Crippen molar-refractivity contribution >= 4 is 5.69 Å². The molecule has 0 bridgehead atoms. The molecule has 1 aliphatic heterocycles. The predicted octanol–water partition coefficient (Wildman–Crippen LogP) is 2.23. The minimum atomic E-state index is -4.54. The van der Waals surface area contributed by atoms with E-state index in [0.29, 0.717) is 18.8 Å². The van der Waals surface area contributed by atoms with Gasteiger partial charge in [-0.2, -0.15) is 13.2 Å². The fourth-order valence-corrected chi connectivity index (χ4v) is 2.17. The molecule has 2 N–H and O–H groups in total. The van der Waals surface area contributed by atoms with E-state index in [0.717, 1.165) is 18.6 Å². The lowest BCUT2D eigenvalue weighted by molar-refractivity contribution is -0.138. The second kappa shape index (κ2) is 4.68. The molecule has 1 atom stereocenters. The zero-order valence-corrected chi connectivity index (χ0v) is 9.61. The predicted molar refractivity (Wildman–Crippen MR) is 60.5 cm³/mol. The number of hydrogen-bond acceptors (Lipinski definition) is 3. The molecular formula is C12H14F3NO2. The van der Waals surface area contributed by atoms with Gasteiger partial charge in [0.05, 0.1) is 5.56 Å². The van der Waals surface area contributed by atoms with Crippen LogP contribution in [0, 0.1) is 5.92 Å². The lowest BCUT2D eigenvalue weighted by Crippen LogP contribution is -2.20. The Labute approximate surface area is 102 Å². The van der Waals surface area contributed by atoms with Gasteiger partial charge in [0.1, 0.15) is 5.75 Å². The molecule has 6 heteroatoms. The Morgan fingerprint density at radius 3 is 2.56 bits per heavy atom. The maximum atomic E-state index is 12.5. The highest BCUT2D eigenvalue weighted by Crippen LogP contribution is 2.38. The van der Waals surface area contributed by atoms with Gasteiger partial charge in [0, 0.05) is 37.4 Å². The molecule has 0 saturated carbocycles. The van der Waals surface area contributed by atoms with E-state index < -0.39 is 17.5 Å². The largest absolute Gasteiger partial charge is 0.507 e. The van der Waals surface area contributed by atoms with Gasteiger partial charge in [-0.05, 0) is 18.6 Å². The SMILES string of the molecule is OCC1CCN(c2ccc(C(F)(F)F)c(O)c2)C1. The van der Waals surface area contributed by atoms with Crippen LogP contribution >= 0.6 is 0 Å². The second-order valence-electron chi connectivity index (χ2n) is 4.48. The molecule has 1 aromatic rings. The number of rotatable bonds is 2. The molecule has 18 heavy (non-hydrogen) atoms. The Hall–Kier alpha value is -1.43. The first-order valence-corrected chi connectivity index (χ1v) is 5.68. The molecular weight excluding hydrogens is 247 g/mol. The molecule has 1 fully saturated rings. The third kappa shape index (κ3) is 2.53. The van der Waals surface area contributed by atoms with E-state index in [1.54, 1.807) is 0 Å². The number of phenols is 1. The molecule has 3 nitrogen and oxygen atoms in total. The third-order valence-corrected chi connectivity index (χ3v) is 3.20. The zero-order chi connectivity index (χ0) is 13.3. The van der Waals surface area contributed by atoms with Crippen LogP contribution in [-0.2, 0) is 6.18 Å². The van der Waals surface area contributed by atoms with Crippen molar-refractivity contribution in [1.29, 1.82) is 0 Å². The van der Waals surface area contributed by atoms with Crippen molar-refractivity contribution in [3.05, 3.63) is 23.8 Å². The summed E-state index contributed by atoms with van der Waals surface area (Å²) >= 11 is 0. The van der Waals surface area contributed by atoms with Gasteiger partial charge in [-0.15, -0.1) is 0 Å². The summed E-state index contributed by atoms with van der Waals surface area (Å²) in [5.41, 5.74) is -0.472. The van der Waals surface area contributed by atoms with Crippen molar-refractivity contribution in [2.24, 2.45) is 5.92 Å². The summed E-state index contributed by atoms with van der Waals surface area (Å²) in [5.74, 6) is -0.609. The summed E-state index contributed by atoms with van der Waals surface area (Å²) in [7, 11) is 0. The highest BCUT2D eigenvalue weighted by atomic mass is 19.4. The van der Waals surface area contributed by atoms with E-state index in [1.165, 1.54) is 6.07 Å². The first-order valence-electron chi connectivity index (χ1n) is 5.68. The minimum absolute atomic E-state index is 0.0725. The van der Waals surface area contributed by atoms with Crippen LogP contribution < -0.4 is 4.90 Å². The molecule has 1 saturated heterocycles. The van der Waals surface area contributed by atoms with Crippen molar-refractivity contribution in [2.75, 3.05) is 24.6 Å². The summed E-state index contributed by atoms with van der Waals surface area (Å²) in [6, 6.07) is 3.36. The Bertz CT molecular complexity index is 434. The summed E-state index contributed by atoms with van der Waals surface area (Å²) in [4.78, 5) is 1.86. The van der Waals surface area contributed by atoms with Gasteiger partial charge in [0.25, 0.3) is 0 Å². The maximum absolute atomic E-state index is 12.5. The molecule has 1 unspecified atom stereocenters. The molecule has 2 rings (SSSR count). The van der Waals surface area contributed by atoms with Crippen LogP contribution in [0.1, 0.15) is 12.0 Å². The summed E-state index contributed by atoms with van der Waals surface area (Å²) < 4.78 is 37.4. The number of aliphatic hydroxyl groups is 1. The second-order valence-corrected chi connectivity index (χ2v) is 4.48. The number of aliphatic hydroxyl groups excluding tert-OH is 1. The number of hydrogen-bond donors (Lipinski definition) is 2. The normalized spacial score (nSPS) is 20.4. The van der Waals surface area contributed by atoms with Gasteiger partial charge >= 0.3 is 6.18 Å². The smallest absolute Gasteiger partial charge is 0.419 e. The van der Waals surface area contributed by atoms with E-state index in [9.17, 15) is 18.3 Å². The number of alkyl halides is 3. The number of benzene rings is 1. The molecule has 1 aromatic carbocycles. The Balaban J connectivity index is 2.20. The van der Waals surface area contributed by atoms with Crippen LogP contribution in [0.3, 0.4) is 0 Å². The molecule has 100 valence electrons. The van der Waals surface area contributed by atoms with Crippen LogP contribution in [0.5, 0.6) is 5.75 Å². The Morgan fingerprint density at radius 2 is 2.06 bits per heavy atom. The van der Waals surface area contributed by atoms with Gasteiger partial charge in [-0.1, -0.05) is 0 Å². The Kier molecular flexibility index (Phi) is 3.38. The summed E-state index contributed by atoms with van der Waals surface area (Å²) in [6.07, 6.45) is -3.74. The molecule has 1 heterocycles. The van der Waals surface area contributed by atoms with Crippen LogP contribution in [0.2, 0.25) is 0 Å². The van der Waals surface area contributed by atoms with Crippen molar-refractivity contribution < 1.29 is 23.4 Å².